The van der Waals surface area contributed by atoms with E-state index in [9.17, 15) is 0 Å². The molecule has 0 aromatic heterocycles. The minimum atomic E-state index is 0.797. The van der Waals surface area contributed by atoms with Crippen LogP contribution in [0.3, 0.4) is 0 Å². The van der Waals surface area contributed by atoms with Crippen LogP contribution in [0.2, 0.25) is 0 Å². The van der Waals surface area contributed by atoms with Gasteiger partial charge in [-0.15, -0.1) is 0 Å². The highest BCUT2D eigenvalue weighted by atomic mass is 14.8. The molecule has 0 aliphatic heterocycles. The second-order valence-electron chi connectivity index (χ2n) is 5.43. The van der Waals surface area contributed by atoms with Crippen molar-refractivity contribution in [1.29, 1.82) is 0 Å². The van der Waals surface area contributed by atoms with Crippen molar-refractivity contribution in [2.45, 2.75) is 65.7 Å². The standard InChI is InChI=1S/C16H31N/c1-4-14(5-2)12-16(13-17-6-3)15-10-8-7-9-11-15/h12,14-15,17H,4-11,13H2,1-3H3. The Labute approximate surface area is 108 Å². The van der Waals surface area contributed by atoms with Crippen LogP contribution in [-0.2, 0) is 0 Å². The molecule has 1 fully saturated rings. The summed E-state index contributed by atoms with van der Waals surface area (Å²) in [4.78, 5) is 0. The van der Waals surface area contributed by atoms with Gasteiger partial charge in [0.2, 0.25) is 0 Å². The molecule has 0 radical (unpaired) electrons. The first kappa shape index (κ1) is 14.8. The number of hydrogen-bond donors (Lipinski definition) is 1. The van der Waals surface area contributed by atoms with Crippen molar-refractivity contribution in [3.8, 4) is 0 Å². The minimum Gasteiger partial charge on any atom is -0.313 e. The van der Waals surface area contributed by atoms with Crippen molar-refractivity contribution in [3.63, 3.8) is 0 Å². The van der Waals surface area contributed by atoms with Gasteiger partial charge in [0.15, 0.2) is 0 Å². The highest BCUT2D eigenvalue weighted by Gasteiger charge is 2.18. The molecule has 100 valence electrons. The maximum atomic E-state index is 3.53. The highest BCUT2D eigenvalue weighted by molar-refractivity contribution is 5.11. The molecule has 1 aliphatic carbocycles. The fraction of sp³-hybridized carbons (Fsp3) is 0.875. The monoisotopic (exact) mass is 237 g/mol. The Hall–Kier alpha value is -0.300. The van der Waals surface area contributed by atoms with E-state index in [1.54, 1.807) is 5.57 Å². The van der Waals surface area contributed by atoms with E-state index >= 15 is 0 Å². The lowest BCUT2D eigenvalue weighted by Gasteiger charge is -2.26. The van der Waals surface area contributed by atoms with Crippen LogP contribution in [0.15, 0.2) is 11.6 Å². The van der Waals surface area contributed by atoms with Crippen LogP contribution >= 0.6 is 0 Å². The summed E-state index contributed by atoms with van der Waals surface area (Å²) in [5, 5.41) is 3.53. The summed E-state index contributed by atoms with van der Waals surface area (Å²) in [7, 11) is 0. The lowest BCUT2D eigenvalue weighted by atomic mass is 9.82. The van der Waals surface area contributed by atoms with Gasteiger partial charge in [-0.05, 0) is 44.1 Å². The topological polar surface area (TPSA) is 12.0 Å². The van der Waals surface area contributed by atoms with Crippen LogP contribution in [0.4, 0.5) is 0 Å². The van der Waals surface area contributed by atoms with Gasteiger partial charge in [0.05, 0.1) is 0 Å². The molecule has 1 heteroatoms. The van der Waals surface area contributed by atoms with E-state index in [4.69, 9.17) is 0 Å². The molecule has 0 atom stereocenters. The van der Waals surface area contributed by atoms with Crippen molar-refractivity contribution < 1.29 is 0 Å². The molecule has 0 spiro atoms. The number of nitrogens with one attached hydrogen (secondary N) is 1. The number of rotatable bonds is 7. The Bertz CT molecular complexity index is 210. The number of likely N-dealkylation sites (N-methyl/N-ethyl adjacent to an activating group) is 1. The van der Waals surface area contributed by atoms with Crippen LogP contribution in [0.25, 0.3) is 0 Å². The van der Waals surface area contributed by atoms with E-state index in [-0.39, 0.29) is 0 Å². The first-order valence-electron chi connectivity index (χ1n) is 7.73. The van der Waals surface area contributed by atoms with E-state index in [0.29, 0.717) is 0 Å². The van der Waals surface area contributed by atoms with E-state index in [1.165, 1.54) is 44.9 Å². The van der Waals surface area contributed by atoms with E-state index in [0.717, 1.165) is 24.9 Å². The van der Waals surface area contributed by atoms with Gasteiger partial charge < -0.3 is 5.32 Å². The van der Waals surface area contributed by atoms with Crippen molar-refractivity contribution in [2.24, 2.45) is 11.8 Å². The van der Waals surface area contributed by atoms with Crippen LogP contribution in [0.5, 0.6) is 0 Å². The molecule has 0 unspecified atom stereocenters. The number of allylic oxidation sites excluding steroid dienone is 1. The predicted molar refractivity (Wildman–Crippen MR) is 77.3 cm³/mol. The largest absolute Gasteiger partial charge is 0.313 e. The van der Waals surface area contributed by atoms with Crippen molar-refractivity contribution >= 4 is 0 Å². The molecule has 1 N–H and O–H groups in total. The van der Waals surface area contributed by atoms with Gasteiger partial charge in [0.1, 0.15) is 0 Å². The molecule has 0 heterocycles. The average molecular weight is 237 g/mol. The van der Waals surface area contributed by atoms with Gasteiger partial charge in [0.25, 0.3) is 0 Å². The molecule has 0 aromatic rings. The SMILES string of the molecule is CCNCC(=CC(CC)CC)C1CCCCC1. The van der Waals surface area contributed by atoms with Gasteiger partial charge in [-0.25, -0.2) is 0 Å². The molecular formula is C16H31N. The van der Waals surface area contributed by atoms with Crippen LogP contribution in [-0.4, -0.2) is 13.1 Å². The van der Waals surface area contributed by atoms with Gasteiger partial charge in [-0.3, -0.25) is 0 Å². The maximum Gasteiger partial charge on any atom is 0.0167 e. The molecule has 0 amide bonds. The summed E-state index contributed by atoms with van der Waals surface area (Å²) in [5.41, 5.74) is 1.71. The highest BCUT2D eigenvalue weighted by Crippen LogP contribution is 2.30. The molecule has 1 nitrogen and oxygen atoms in total. The summed E-state index contributed by atoms with van der Waals surface area (Å²) < 4.78 is 0. The summed E-state index contributed by atoms with van der Waals surface area (Å²) in [5.74, 6) is 1.67. The Balaban J connectivity index is 2.63. The van der Waals surface area contributed by atoms with Crippen LogP contribution in [0.1, 0.15) is 65.7 Å². The Morgan fingerprint density at radius 3 is 2.29 bits per heavy atom. The third kappa shape index (κ3) is 5.25. The van der Waals surface area contributed by atoms with Gasteiger partial charge in [-0.1, -0.05) is 51.7 Å². The average Bonchev–Trinajstić information content (AvgIpc) is 2.40. The lowest BCUT2D eigenvalue weighted by Crippen LogP contribution is -2.22. The summed E-state index contributed by atoms with van der Waals surface area (Å²) in [6.07, 6.45) is 12.4. The molecule has 17 heavy (non-hydrogen) atoms. The third-order valence-corrected chi connectivity index (χ3v) is 4.21. The molecule has 1 saturated carbocycles. The Kier molecular flexibility index (Phi) is 7.59. The molecule has 0 aromatic carbocycles. The lowest BCUT2D eigenvalue weighted by molar-refractivity contribution is 0.391. The molecule has 1 aliphatic rings. The maximum absolute atomic E-state index is 3.53. The van der Waals surface area contributed by atoms with Crippen molar-refractivity contribution in [1.82, 2.24) is 5.32 Å². The zero-order chi connectivity index (χ0) is 12.5. The number of hydrogen-bond acceptors (Lipinski definition) is 1. The second-order valence-corrected chi connectivity index (χ2v) is 5.43. The van der Waals surface area contributed by atoms with Gasteiger partial charge in [0, 0.05) is 6.54 Å². The molecule has 0 bridgehead atoms. The summed E-state index contributed by atoms with van der Waals surface area (Å²) in [6.45, 7) is 9.05. The predicted octanol–water partition coefficient (Wildman–Crippen LogP) is 4.54. The van der Waals surface area contributed by atoms with E-state index in [1.807, 2.05) is 0 Å². The second kappa shape index (κ2) is 8.74. The minimum absolute atomic E-state index is 0.797. The fourth-order valence-corrected chi connectivity index (χ4v) is 2.91. The Morgan fingerprint density at radius 1 is 1.12 bits per heavy atom. The Morgan fingerprint density at radius 2 is 1.76 bits per heavy atom. The normalized spacial score (nSPS) is 18.9. The summed E-state index contributed by atoms with van der Waals surface area (Å²) >= 11 is 0. The molecule has 0 saturated heterocycles. The van der Waals surface area contributed by atoms with Crippen molar-refractivity contribution in [3.05, 3.63) is 11.6 Å². The van der Waals surface area contributed by atoms with E-state index in [2.05, 4.69) is 32.2 Å². The zero-order valence-corrected chi connectivity index (χ0v) is 12.1. The van der Waals surface area contributed by atoms with Crippen LogP contribution in [0, 0.1) is 11.8 Å². The molecular weight excluding hydrogens is 206 g/mol. The first-order valence-corrected chi connectivity index (χ1v) is 7.73. The van der Waals surface area contributed by atoms with Crippen molar-refractivity contribution in [2.75, 3.05) is 13.1 Å². The molecule has 1 rings (SSSR count). The van der Waals surface area contributed by atoms with Gasteiger partial charge in [-0.2, -0.15) is 0 Å². The van der Waals surface area contributed by atoms with E-state index < -0.39 is 0 Å². The summed E-state index contributed by atoms with van der Waals surface area (Å²) in [6, 6.07) is 0. The smallest absolute Gasteiger partial charge is 0.0167 e. The van der Waals surface area contributed by atoms with Gasteiger partial charge >= 0.3 is 0 Å². The quantitative estimate of drug-likeness (QED) is 0.641. The van der Waals surface area contributed by atoms with Crippen LogP contribution < -0.4 is 5.32 Å². The fourth-order valence-electron chi connectivity index (χ4n) is 2.91. The first-order chi connectivity index (χ1) is 8.31. The third-order valence-electron chi connectivity index (χ3n) is 4.21. The zero-order valence-electron chi connectivity index (χ0n) is 12.1.